The second-order valence-corrected chi connectivity index (χ2v) is 6.51. The Morgan fingerprint density at radius 3 is 2.46 bits per heavy atom. The van der Waals surface area contributed by atoms with Gasteiger partial charge in [-0.3, -0.25) is 9.48 Å². The number of nitrogens with zero attached hydrogens (tertiary/aromatic N) is 3. The van der Waals surface area contributed by atoms with E-state index in [1.165, 1.54) is 5.56 Å². The Hall–Kier alpha value is -1.56. The Labute approximate surface area is 167 Å². The summed E-state index contributed by atoms with van der Waals surface area (Å²) >= 11 is 0. The van der Waals surface area contributed by atoms with Gasteiger partial charge >= 0.3 is 0 Å². The zero-order valence-corrected chi connectivity index (χ0v) is 16.7. The van der Waals surface area contributed by atoms with Crippen molar-refractivity contribution >= 4 is 30.7 Å². The molecule has 5 nitrogen and oxygen atoms in total. The topological polar surface area (TPSA) is 64.2 Å². The number of rotatable bonds is 5. The van der Waals surface area contributed by atoms with Crippen LogP contribution in [0.5, 0.6) is 0 Å². The lowest BCUT2D eigenvalue weighted by molar-refractivity contribution is -0.132. The molecular weight excluding hydrogens is 371 g/mol. The van der Waals surface area contributed by atoms with Crippen molar-refractivity contribution in [3.05, 3.63) is 53.9 Å². The largest absolute Gasteiger partial charge is 0.343 e. The molecule has 1 fully saturated rings. The van der Waals surface area contributed by atoms with E-state index in [4.69, 9.17) is 5.73 Å². The minimum Gasteiger partial charge on any atom is -0.343 e. The van der Waals surface area contributed by atoms with Crippen molar-refractivity contribution in [1.82, 2.24) is 14.7 Å². The molecule has 0 aliphatic carbocycles. The first-order valence-corrected chi connectivity index (χ1v) is 8.78. The number of carbonyl (C=O) groups is 1. The van der Waals surface area contributed by atoms with E-state index in [9.17, 15) is 4.79 Å². The molecule has 1 aliphatic rings. The van der Waals surface area contributed by atoms with Gasteiger partial charge in [0.2, 0.25) is 5.91 Å². The van der Waals surface area contributed by atoms with Crippen molar-refractivity contribution in [2.24, 2.45) is 5.73 Å². The molecule has 2 heterocycles. The van der Waals surface area contributed by atoms with Crippen LogP contribution in [0.25, 0.3) is 0 Å². The Bertz CT molecular complexity index is 669. The van der Waals surface area contributed by atoms with Gasteiger partial charge in [0.05, 0.1) is 6.20 Å². The summed E-state index contributed by atoms with van der Waals surface area (Å²) in [6.07, 6.45) is 6.48. The van der Waals surface area contributed by atoms with Crippen LogP contribution in [-0.4, -0.2) is 33.7 Å². The molecule has 1 atom stereocenters. The van der Waals surface area contributed by atoms with Gasteiger partial charge in [-0.25, -0.2) is 0 Å². The summed E-state index contributed by atoms with van der Waals surface area (Å²) in [7, 11) is 0. The summed E-state index contributed by atoms with van der Waals surface area (Å²) < 4.78 is 1.96. The van der Waals surface area contributed by atoms with Crippen molar-refractivity contribution < 1.29 is 4.79 Å². The van der Waals surface area contributed by atoms with Gasteiger partial charge in [0.1, 0.15) is 0 Å². The van der Waals surface area contributed by atoms with Gasteiger partial charge in [0, 0.05) is 38.3 Å². The Kier molecular flexibility index (Phi) is 9.13. The molecule has 1 aromatic heterocycles. The fraction of sp³-hybridized carbons (Fsp3) is 0.474. The van der Waals surface area contributed by atoms with Crippen LogP contribution in [0.15, 0.2) is 42.7 Å². The molecule has 2 aromatic rings. The molecular formula is C19H28Cl2N4O. The monoisotopic (exact) mass is 398 g/mol. The Morgan fingerprint density at radius 1 is 1.23 bits per heavy atom. The number of halogens is 2. The van der Waals surface area contributed by atoms with Gasteiger partial charge in [-0.15, -0.1) is 24.8 Å². The van der Waals surface area contributed by atoms with Crippen LogP contribution in [0, 0.1) is 0 Å². The number of piperidine rings is 1. The van der Waals surface area contributed by atoms with Gasteiger partial charge in [-0.1, -0.05) is 30.3 Å². The van der Waals surface area contributed by atoms with Crippen LogP contribution < -0.4 is 5.73 Å². The summed E-state index contributed by atoms with van der Waals surface area (Å²) in [4.78, 5) is 14.5. The number of benzene rings is 1. The van der Waals surface area contributed by atoms with Crippen molar-refractivity contribution in [3.8, 4) is 0 Å². The van der Waals surface area contributed by atoms with Crippen LogP contribution >= 0.6 is 24.8 Å². The SMILES string of the molecule is CCn1cc(C2CCN(C(=O)CC(N)c3ccccc3)CC2)cn1.Cl.Cl. The summed E-state index contributed by atoms with van der Waals surface area (Å²) in [5, 5.41) is 4.36. The van der Waals surface area contributed by atoms with Crippen LogP contribution in [-0.2, 0) is 11.3 Å². The minimum absolute atomic E-state index is 0. The van der Waals surface area contributed by atoms with E-state index in [0.717, 1.165) is 38.0 Å². The highest BCUT2D eigenvalue weighted by Crippen LogP contribution is 2.28. The number of aryl methyl sites for hydroxylation is 1. The van der Waals surface area contributed by atoms with E-state index in [1.807, 2.05) is 46.1 Å². The number of hydrogen-bond acceptors (Lipinski definition) is 3. The molecule has 26 heavy (non-hydrogen) atoms. The van der Waals surface area contributed by atoms with E-state index in [-0.39, 0.29) is 36.8 Å². The molecule has 0 spiro atoms. The van der Waals surface area contributed by atoms with E-state index >= 15 is 0 Å². The predicted molar refractivity (Wildman–Crippen MR) is 109 cm³/mol. The van der Waals surface area contributed by atoms with Crippen LogP contribution in [0.1, 0.15) is 49.3 Å². The molecule has 7 heteroatoms. The number of aromatic nitrogens is 2. The molecule has 0 radical (unpaired) electrons. The van der Waals surface area contributed by atoms with E-state index in [2.05, 4.69) is 18.2 Å². The molecule has 1 saturated heterocycles. The normalized spacial score (nSPS) is 15.7. The third-order valence-electron chi connectivity index (χ3n) is 4.92. The lowest BCUT2D eigenvalue weighted by atomic mass is 9.91. The van der Waals surface area contributed by atoms with Crippen molar-refractivity contribution in [2.45, 2.75) is 44.7 Å². The number of carbonyl (C=O) groups excluding carboxylic acids is 1. The van der Waals surface area contributed by atoms with Gasteiger partial charge in [0.25, 0.3) is 0 Å². The maximum atomic E-state index is 12.5. The van der Waals surface area contributed by atoms with Crippen LogP contribution in [0.3, 0.4) is 0 Å². The molecule has 1 aromatic carbocycles. The van der Waals surface area contributed by atoms with Crippen molar-refractivity contribution in [1.29, 1.82) is 0 Å². The van der Waals surface area contributed by atoms with Crippen LogP contribution in [0.4, 0.5) is 0 Å². The summed E-state index contributed by atoms with van der Waals surface area (Å²) in [6.45, 7) is 4.60. The van der Waals surface area contributed by atoms with Crippen LogP contribution in [0.2, 0.25) is 0 Å². The average Bonchev–Trinajstić information content (AvgIpc) is 3.11. The van der Waals surface area contributed by atoms with E-state index < -0.39 is 0 Å². The first-order valence-electron chi connectivity index (χ1n) is 8.78. The number of amides is 1. The molecule has 0 bridgehead atoms. The van der Waals surface area contributed by atoms with Crippen molar-refractivity contribution in [2.75, 3.05) is 13.1 Å². The standard InChI is InChI=1S/C19H26N4O.2ClH/c1-2-23-14-17(13-21-23)15-8-10-22(11-9-15)19(24)12-18(20)16-6-4-3-5-7-16;;/h3-7,13-15,18H,2,8-12,20H2,1H3;2*1H. The van der Waals surface area contributed by atoms with Gasteiger partial charge in [-0.05, 0) is 36.8 Å². The summed E-state index contributed by atoms with van der Waals surface area (Å²) in [5.41, 5.74) is 8.50. The first-order chi connectivity index (χ1) is 11.7. The Morgan fingerprint density at radius 2 is 1.88 bits per heavy atom. The lowest BCUT2D eigenvalue weighted by Crippen LogP contribution is -2.39. The third kappa shape index (κ3) is 5.47. The number of nitrogens with two attached hydrogens (primary N) is 1. The van der Waals surface area contributed by atoms with Gasteiger partial charge in [0.15, 0.2) is 0 Å². The molecule has 1 aliphatic heterocycles. The molecule has 1 amide bonds. The molecule has 0 saturated carbocycles. The highest BCUT2D eigenvalue weighted by atomic mass is 35.5. The Balaban J connectivity index is 0.00000169. The fourth-order valence-electron chi connectivity index (χ4n) is 3.36. The zero-order valence-electron chi connectivity index (χ0n) is 15.1. The minimum atomic E-state index is -0.223. The maximum absolute atomic E-state index is 12.5. The smallest absolute Gasteiger partial charge is 0.224 e. The van der Waals surface area contributed by atoms with Crippen molar-refractivity contribution in [3.63, 3.8) is 0 Å². The number of likely N-dealkylation sites (tertiary alicyclic amines) is 1. The molecule has 1 unspecified atom stereocenters. The maximum Gasteiger partial charge on any atom is 0.224 e. The molecule has 2 N–H and O–H groups in total. The average molecular weight is 399 g/mol. The quantitative estimate of drug-likeness (QED) is 0.837. The zero-order chi connectivity index (χ0) is 16.9. The highest BCUT2D eigenvalue weighted by Gasteiger charge is 2.25. The van der Waals surface area contributed by atoms with E-state index in [1.54, 1.807) is 0 Å². The molecule has 3 rings (SSSR count). The summed E-state index contributed by atoms with van der Waals surface area (Å²) in [5.74, 6) is 0.672. The lowest BCUT2D eigenvalue weighted by Gasteiger charge is -2.32. The van der Waals surface area contributed by atoms with E-state index in [0.29, 0.717) is 12.3 Å². The second-order valence-electron chi connectivity index (χ2n) is 6.51. The highest BCUT2D eigenvalue weighted by molar-refractivity contribution is 5.85. The fourth-order valence-corrected chi connectivity index (χ4v) is 3.36. The van der Waals surface area contributed by atoms with Gasteiger partial charge < -0.3 is 10.6 Å². The predicted octanol–water partition coefficient (Wildman–Crippen LogP) is 3.54. The molecule has 144 valence electrons. The second kappa shape index (κ2) is 10.6. The van der Waals surface area contributed by atoms with Gasteiger partial charge in [-0.2, -0.15) is 5.10 Å². The third-order valence-corrected chi connectivity index (χ3v) is 4.92. The number of hydrogen-bond donors (Lipinski definition) is 1. The summed E-state index contributed by atoms with van der Waals surface area (Å²) in [6, 6.07) is 9.62. The first kappa shape index (κ1) is 22.5.